The van der Waals surface area contributed by atoms with E-state index in [2.05, 4.69) is 17.2 Å². The van der Waals surface area contributed by atoms with Crippen molar-refractivity contribution in [3.63, 3.8) is 0 Å². The first kappa shape index (κ1) is 18.1. The molecule has 3 aromatic carbocycles. The molecule has 0 bridgehead atoms. The van der Waals surface area contributed by atoms with Gasteiger partial charge in [0.1, 0.15) is 5.70 Å². The fourth-order valence-electron chi connectivity index (χ4n) is 2.73. The van der Waals surface area contributed by atoms with E-state index in [1.807, 2.05) is 48.5 Å². The highest BCUT2D eigenvalue weighted by atomic mass is 16.2. The van der Waals surface area contributed by atoms with E-state index in [9.17, 15) is 9.59 Å². The molecular formula is C23H20N2O2. The summed E-state index contributed by atoms with van der Waals surface area (Å²) in [4.78, 5) is 25.1. The minimum Gasteiger partial charge on any atom is -0.347 e. The van der Waals surface area contributed by atoms with Gasteiger partial charge in [-0.25, -0.2) is 0 Å². The largest absolute Gasteiger partial charge is 0.347 e. The Balaban J connectivity index is 1.98. The summed E-state index contributed by atoms with van der Waals surface area (Å²) in [6, 6.07) is 22.5. The van der Waals surface area contributed by atoms with Gasteiger partial charge in [0.25, 0.3) is 11.8 Å². The van der Waals surface area contributed by atoms with Crippen LogP contribution in [0.4, 0.5) is 0 Å². The number of hydrogen-bond donors (Lipinski definition) is 2. The summed E-state index contributed by atoms with van der Waals surface area (Å²) in [5.74, 6) is -0.706. The van der Waals surface area contributed by atoms with Crippen LogP contribution in [0.25, 0.3) is 16.8 Å². The molecule has 4 heteroatoms. The van der Waals surface area contributed by atoms with Gasteiger partial charge in [0.15, 0.2) is 0 Å². The molecule has 0 saturated carbocycles. The molecule has 27 heavy (non-hydrogen) atoms. The first-order chi connectivity index (χ1) is 13.2. The first-order valence-electron chi connectivity index (χ1n) is 8.64. The monoisotopic (exact) mass is 356 g/mol. The van der Waals surface area contributed by atoms with Crippen LogP contribution < -0.4 is 10.6 Å². The molecular weight excluding hydrogens is 336 g/mol. The Labute approximate surface area is 158 Å². The van der Waals surface area contributed by atoms with Crippen LogP contribution in [-0.2, 0) is 4.79 Å². The van der Waals surface area contributed by atoms with Crippen LogP contribution in [0.3, 0.4) is 0 Å². The van der Waals surface area contributed by atoms with E-state index in [0.29, 0.717) is 12.1 Å². The lowest BCUT2D eigenvalue weighted by molar-refractivity contribution is -0.117. The second-order valence-electron chi connectivity index (χ2n) is 5.95. The Morgan fingerprint density at radius 2 is 1.59 bits per heavy atom. The zero-order valence-corrected chi connectivity index (χ0v) is 14.8. The number of carbonyl (C=O) groups is 2. The van der Waals surface area contributed by atoms with E-state index in [-0.39, 0.29) is 17.5 Å². The predicted octanol–water partition coefficient (Wildman–Crippen LogP) is 3.91. The molecule has 2 N–H and O–H groups in total. The van der Waals surface area contributed by atoms with Crippen LogP contribution in [0, 0.1) is 0 Å². The van der Waals surface area contributed by atoms with Crippen molar-refractivity contribution in [2.24, 2.45) is 0 Å². The van der Waals surface area contributed by atoms with Gasteiger partial charge < -0.3 is 10.6 Å². The predicted molar refractivity (Wildman–Crippen MR) is 109 cm³/mol. The van der Waals surface area contributed by atoms with Crippen molar-refractivity contribution >= 4 is 28.7 Å². The third-order valence-corrected chi connectivity index (χ3v) is 4.06. The lowest BCUT2D eigenvalue weighted by Crippen LogP contribution is -2.34. The Morgan fingerprint density at radius 3 is 2.37 bits per heavy atom. The van der Waals surface area contributed by atoms with Crippen LogP contribution in [0.5, 0.6) is 0 Å². The van der Waals surface area contributed by atoms with Gasteiger partial charge in [-0.3, -0.25) is 9.59 Å². The summed E-state index contributed by atoms with van der Waals surface area (Å²) in [7, 11) is 0. The summed E-state index contributed by atoms with van der Waals surface area (Å²) < 4.78 is 0. The van der Waals surface area contributed by atoms with Gasteiger partial charge in [-0.05, 0) is 34.5 Å². The molecule has 134 valence electrons. The standard InChI is InChI=1S/C23H20N2O2/c1-2-15-24-23(27)21(25-22(26)18-10-4-3-5-11-18)16-19-13-8-12-17-9-6-7-14-20(17)19/h2-14,16H,1,15H2,(H,24,27)(H,25,26)/b21-16+. The minimum absolute atomic E-state index is 0.182. The normalized spacial score (nSPS) is 11.0. The van der Waals surface area contributed by atoms with Crippen LogP contribution >= 0.6 is 0 Å². The zero-order chi connectivity index (χ0) is 19.1. The smallest absolute Gasteiger partial charge is 0.268 e. The second-order valence-corrected chi connectivity index (χ2v) is 5.95. The SMILES string of the molecule is C=CCNC(=O)/C(=C\c1cccc2ccccc12)NC(=O)c1ccccc1. The molecule has 0 fully saturated rings. The van der Waals surface area contributed by atoms with Gasteiger partial charge in [-0.15, -0.1) is 6.58 Å². The number of hydrogen-bond acceptors (Lipinski definition) is 2. The quantitative estimate of drug-likeness (QED) is 0.520. The fraction of sp³-hybridized carbons (Fsp3) is 0.0435. The molecule has 2 amide bonds. The lowest BCUT2D eigenvalue weighted by atomic mass is 10.0. The maximum atomic E-state index is 12.6. The number of fused-ring (bicyclic) bond motifs is 1. The third-order valence-electron chi connectivity index (χ3n) is 4.06. The average molecular weight is 356 g/mol. The molecule has 0 saturated heterocycles. The molecule has 4 nitrogen and oxygen atoms in total. The van der Waals surface area contributed by atoms with Gasteiger partial charge in [-0.2, -0.15) is 0 Å². The Bertz CT molecular complexity index is 1000. The van der Waals surface area contributed by atoms with Crippen LogP contribution in [0.1, 0.15) is 15.9 Å². The highest BCUT2D eigenvalue weighted by Gasteiger charge is 2.14. The van der Waals surface area contributed by atoms with Crippen molar-refractivity contribution in [2.45, 2.75) is 0 Å². The minimum atomic E-state index is -0.368. The number of amides is 2. The van der Waals surface area contributed by atoms with E-state index < -0.39 is 0 Å². The molecule has 0 unspecified atom stereocenters. The highest BCUT2D eigenvalue weighted by molar-refractivity contribution is 6.06. The molecule has 3 rings (SSSR count). The van der Waals surface area contributed by atoms with Gasteiger partial charge in [-0.1, -0.05) is 66.7 Å². The molecule has 3 aromatic rings. The number of carbonyl (C=O) groups excluding carboxylic acids is 2. The summed E-state index contributed by atoms with van der Waals surface area (Å²) >= 11 is 0. The number of rotatable bonds is 6. The third kappa shape index (κ3) is 4.50. The van der Waals surface area contributed by atoms with Gasteiger partial charge >= 0.3 is 0 Å². The van der Waals surface area contributed by atoms with Crippen molar-refractivity contribution in [1.29, 1.82) is 0 Å². The average Bonchev–Trinajstić information content (AvgIpc) is 2.72. The highest BCUT2D eigenvalue weighted by Crippen LogP contribution is 2.20. The Kier molecular flexibility index (Phi) is 5.80. The van der Waals surface area contributed by atoms with Gasteiger partial charge in [0.05, 0.1) is 0 Å². The van der Waals surface area contributed by atoms with Crippen molar-refractivity contribution in [3.05, 3.63) is 102 Å². The van der Waals surface area contributed by atoms with Crippen molar-refractivity contribution in [2.75, 3.05) is 6.54 Å². The zero-order valence-electron chi connectivity index (χ0n) is 14.8. The molecule has 0 aliphatic heterocycles. The molecule has 0 heterocycles. The lowest BCUT2D eigenvalue weighted by Gasteiger charge is -2.11. The molecule has 0 atom stereocenters. The number of benzene rings is 3. The van der Waals surface area contributed by atoms with Crippen LogP contribution in [0.15, 0.2) is 91.1 Å². The maximum absolute atomic E-state index is 12.6. The molecule has 0 radical (unpaired) electrons. The molecule has 0 aliphatic carbocycles. The van der Waals surface area contributed by atoms with E-state index in [1.165, 1.54) is 0 Å². The Hall–Kier alpha value is -3.66. The van der Waals surface area contributed by atoms with Gasteiger partial charge in [0, 0.05) is 12.1 Å². The van der Waals surface area contributed by atoms with E-state index in [4.69, 9.17) is 0 Å². The summed E-state index contributed by atoms with van der Waals surface area (Å²) in [6.45, 7) is 3.92. The Morgan fingerprint density at radius 1 is 0.889 bits per heavy atom. The van der Waals surface area contributed by atoms with E-state index in [1.54, 1.807) is 36.4 Å². The van der Waals surface area contributed by atoms with E-state index in [0.717, 1.165) is 16.3 Å². The maximum Gasteiger partial charge on any atom is 0.268 e. The first-order valence-corrected chi connectivity index (χ1v) is 8.64. The van der Waals surface area contributed by atoms with Crippen molar-refractivity contribution < 1.29 is 9.59 Å². The van der Waals surface area contributed by atoms with Crippen molar-refractivity contribution in [1.82, 2.24) is 10.6 Å². The fourth-order valence-corrected chi connectivity index (χ4v) is 2.73. The van der Waals surface area contributed by atoms with Crippen LogP contribution in [-0.4, -0.2) is 18.4 Å². The number of nitrogens with one attached hydrogen (secondary N) is 2. The van der Waals surface area contributed by atoms with Crippen molar-refractivity contribution in [3.8, 4) is 0 Å². The summed E-state index contributed by atoms with van der Waals surface area (Å²) in [5, 5.41) is 7.51. The summed E-state index contributed by atoms with van der Waals surface area (Å²) in [5.41, 5.74) is 1.52. The van der Waals surface area contributed by atoms with Crippen LogP contribution in [0.2, 0.25) is 0 Å². The molecule has 0 spiro atoms. The molecule has 0 aromatic heterocycles. The summed E-state index contributed by atoms with van der Waals surface area (Å²) in [6.07, 6.45) is 3.29. The van der Waals surface area contributed by atoms with E-state index >= 15 is 0 Å². The molecule has 0 aliphatic rings. The second kappa shape index (κ2) is 8.63. The van der Waals surface area contributed by atoms with Gasteiger partial charge in [0.2, 0.25) is 0 Å². The topological polar surface area (TPSA) is 58.2 Å².